The molecule has 5 nitrogen and oxygen atoms in total. The molecule has 1 aromatic heterocycles. The number of carbonyl (C=O) groups excluding carboxylic acids is 1. The molecule has 2 aromatic rings. The van der Waals surface area contributed by atoms with Gasteiger partial charge < -0.3 is 10.2 Å². The van der Waals surface area contributed by atoms with Gasteiger partial charge in [0.25, 0.3) is 5.91 Å². The Hall–Kier alpha value is -1.85. The molecule has 126 valence electrons. The van der Waals surface area contributed by atoms with E-state index in [1.807, 2.05) is 0 Å². The summed E-state index contributed by atoms with van der Waals surface area (Å²) in [6.07, 6.45) is 3.81. The fourth-order valence-electron chi connectivity index (χ4n) is 2.63. The minimum atomic E-state index is -0.362. The molecule has 1 saturated heterocycles. The van der Waals surface area contributed by atoms with Gasteiger partial charge in [0.05, 0.1) is 15.7 Å². The number of amides is 1. The first-order valence-corrected chi connectivity index (χ1v) is 8.63. The van der Waals surface area contributed by atoms with Crippen LogP contribution in [0.25, 0.3) is 0 Å². The van der Waals surface area contributed by atoms with E-state index < -0.39 is 0 Å². The zero-order valence-corrected chi connectivity index (χ0v) is 14.8. The second-order valence-corrected chi connectivity index (χ2v) is 6.78. The number of halogens is 2. The highest BCUT2D eigenvalue weighted by molar-refractivity contribution is 6.39. The fourth-order valence-corrected chi connectivity index (χ4v) is 3.12. The van der Waals surface area contributed by atoms with Crippen molar-refractivity contribution in [3.63, 3.8) is 0 Å². The van der Waals surface area contributed by atoms with Gasteiger partial charge in [0.1, 0.15) is 5.69 Å². The summed E-state index contributed by atoms with van der Waals surface area (Å²) in [7, 11) is 0. The lowest BCUT2D eigenvalue weighted by atomic mass is 10.00. The van der Waals surface area contributed by atoms with Gasteiger partial charge in [-0.05, 0) is 37.0 Å². The van der Waals surface area contributed by atoms with Gasteiger partial charge in [-0.1, -0.05) is 36.2 Å². The molecule has 1 aromatic carbocycles. The predicted molar refractivity (Wildman–Crippen MR) is 97.1 cm³/mol. The van der Waals surface area contributed by atoms with Gasteiger partial charge in [-0.25, -0.2) is 9.97 Å². The molecule has 1 fully saturated rings. The molecule has 1 aliphatic heterocycles. The van der Waals surface area contributed by atoms with Crippen molar-refractivity contribution in [1.82, 2.24) is 9.97 Å². The predicted octanol–water partition coefficient (Wildman–Crippen LogP) is 4.27. The molecule has 0 spiro atoms. The summed E-state index contributed by atoms with van der Waals surface area (Å²) in [5.41, 5.74) is 0.674. The van der Waals surface area contributed by atoms with Crippen molar-refractivity contribution in [1.29, 1.82) is 0 Å². The van der Waals surface area contributed by atoms with Crippen LogP contribution in [-0.2, 0) is 0 Å². The Morgan fingerprint density at radius 3 is 2.54 bits per heavy atom. The molecule has 24 heavy (non-hydrogen) atoms. The third-order valence-corrected chi connectivity index (χ3v) is 4.77. The van der Waals surface area contributed by atoms with Crippen molar-refractivity contribution >= 4 is 40.7 Å². The van der Waals surface area contributed by atoms with E-state index in [2.05, 4.69) is 27.1 Å². The second kappa shape index (κ2) is 7.36. The average Bonchev–Trinajstić information content (AvgIpc) is 2.59. The molecule has 0 aliphatic carbocycles. The molecular formula is C17H18Cl2N4O. The zero-order chi connectivity index (χ0) is 17.1. The summed E-state index contributed by atoms with van der Waals surface area (Å²) in [4.78, 5) is 23.3. The van der Waals surface area contributed by atoms with Crippen molar-refractivity contribution in [2.45, 2.75) is 19.8 Å². The molecule has 0 bridgehead atoms. The Morgan fingerprint density at radius 2 is 1.88 bits per heavy atom. The molecule has 0 atom stereocenters. The van der Waals surface area contributed by atoms with Gasteiger partial charge >= 0.3 is 0 Å². The zero-order valence-electron chi connectivity index (χ0n) is 13.3. The maximum atomic E-state index is 12.5. The van der Waals surface area contributed by atoms with E-state index in [1.165, 1.54) is 0 Å². The van der Waals surface area contributed by atoms with Gasteiger partial charge in [-0.15, -0.1) is 0 Å². The molecular weight excluding hydrogens is 347 g/mol. The van der Waals surface area contributed by atoms with Crippen molar-refractivity contribution in [2.24, 2.45) is 5.92 Å². The number of rotatable bonds is 3. The normalized spacial score (nSPS) is 15.4. The molecule has 1 aliphatic rings. The lowest BCUT2D eigenvalue weighted by Gasteiger charge is -2.30. The van der Waals surface area contributed by atoms with E-state index >= 15 is 0 Å². The minimum absolute atomic E-state index is 0.287. The van der Waals surface area contributed by atoms with Crippen LogP contribution in [0, 0.1) is 5.92 Å². The van der Waals surface area contributed by atoms with Gasteiger partial charge in [0, 0.05) is 19.3 Å². The Kier molecular flexibility index (Phi) is 5.21. The second-order valence-electron chi connectivity index (χ2n) is 5.96. The Morgan fingerprint density at radius 1 is 1.21 bits per heavy atom. The van der Waals surface area contributed by atoms with Crippen LogP contribution in [0.1, 0.15) is 30.3 Å². The number of hydrogen-bond acceptors (Lipinski definition) is 4. The van der Waals surface area contributed by atoms with Crippen LogP contribution in [0.5, 0.6) is 0 Å². The van der Waals surface area contributed by atoms with E-state index in [0.717, 1.165) is 31.8 Å². The first kappa shape index (κ1) is 17.0. The van der Waals surface area contributed by atoms with Crippen molar-refractivity contribution in [2.75, 3.05) is 23.3 Å². The van der Waals surface area contributed by atoms with E-state index in [1.54, 1.807) is 30.5 Å². The Balaban J connectivity index is 1.77. The summed E-state index contributed by atoms with van der Waals surface area (Å²) in [6.45, 7) is 4.06. The number of piperidine rings is 1. The number of hydrogen-bond donors (Lipinski definition) is 1. The van der Waals surface area contributed by atoms with Crippen LogP contribution >= 0.6 is 23.2 Å². The van der Waals surface area contributed by atoms with Crippen LogP contribution in [0.15, 0.2) is 30.5 Å². The standard InChI is InChI=1S/C17H18Cl2N4O/c1-11-6-9-23(10-7-11)17-20-8-5-14(21-17)16(24)22-15-12(18)3-2-4-13(15)19/h2-5,8,11H,6-7,9-10H2,1H3,(H,22,24). The molecule has 3 rings (SSSR count). The van der Waals surface area contributed by atoms with Crippen LogP contribution in [-0.4, -0.2) is 29.0 Å². The maximum absolute atomic E-state index is 12.5. The number of para-hydroxylation sites is 1. The third-order valence-electron chi connectivity index (χ3n) is 4.14. The number of benzene rings is 1. The largest absolute Gasteiger partial charge is 0.341 e. The summed E-state index contributed by atoms with van der Waals surface area (Å²) in [5.74, 6) is 0.939. The average molecular weight is 365 g/mol. The summed E-state index contributed by atoms with van der Waals surface area (Å²) < 4.78 is 0. The lowest BCUT2D eigenvalue weighted by molar-refractivity contribution is 0.102. The lowest BCUT2D eigenvalue weighted by Crippen LogP contribution is -2.34. The third kappa shape index (κ3) is 3.79. The number of nitrogens with zero attached hydrogens (tertiary/aromatic N) is 3. The molecule has 1 N–H and O–H groups in total. The number of anilines is 2. The van der Waals surface area contributed by atoms with Crippen LogP contribution in [0.3, 0.4) is 0 Å². The first-order valence-electron chi connectivity index (χ1n) is 7.88. The van der Waals surface area contributed by atoms with Crippen molar-refractivity contribution < 1.29 is 4.79 Å². The van der Waals surface area contributed by atoms with Gasteiger partial charge in [0.2, 0.25) is 5.95 Å². The van der Waals surface area contributed by atoms with Gasteiger partial charge in [-0.2, -0.15) is 0 Å². The summed E-state index contributed by atoms with van der Waals surface area (Å²) in [5, 5.41) is 3.49. The van der Waals surface area contributed by atoms with E-state index in [-0.39, 0.29) is 11.6 Å². The number of nitrogens with one attached hydrogen (secondary N) is 1. The number of aromatic nitrogens is 2. The van der Waals surface area contributed by atoms with E-state index in [9.17, 15) is 4.79 Å². The van der Waals surface area contributed by atoms with Crippen molar-refractivity contribution in [3.8, 4) is 0 Å². The highest BCUT2D eigenvalue weighted by Gasteiger charge is 2.19. The van der Waals surface area contributed by atoms with Gasteiger partial charge in [0.15, 0.2) is 0 Å². The van der Waals surface area contributed by atoms with Crippen molar-refractivity contribution in [3.05, 3.63) is 46.2 Å². The SMILES string of the molecule is CC1CCN(c2nccc(C(=O)Nc3c(Cl)cccc3Cl)n2)CC1. The van der Waals surface area contributed by atoms with Crippen LogP contribution < -0.4 is 10.2 Å². The molecule has 2 heterocycles. The Labute approximate surface area is 151 Å². The molecule has 0 saturated carbocycles. The minimum Gasteiger partial charge on any atom is -0.341 e. The molecule has 0 unspecified atom stereocenters. The highest BCUT2D eigenvalue weighted by Crippen LogP contribution is 2.30. The smallest absolute Gasteiger partial charge is 0.274 e. The molecule has 1 amide bonds. The fraction of sp³-hybridized carbons (Fsp3) is 0.353. The quantitative estimate of drug-likeness (QED) is 0.883. The first-order chi connectivity index (χ1) is 11.5. The highest BCUT2D eigenvalue weighted by atomic mass is 35.5. The van der Waals surface area contributed by atoms with Crippen LogP contribution in [0.4, 0.5) is 11.6 Å². The van der Waals surface area contributed by atoms with Crippen LogP contribution in [0.2, 0.25) is 10.0 Å². The summed E-state index contributed by atoms with van der Waals surface area (Å²) in [6, 6.07) is 6.64. The van der Waals surface area contributed by atoms with E-state index in [0.29, 0.717) is 21.7 Å². The summed E-state index contributed by atoms with van der Waals surface area (Å²) >= 11 is 12.2. The van der Waals surface area contributed by atoms with Gasteiger partial charge in [-0.3, -0.25) is 4.79 Å². The Bertz CT molecular complexity index is 725. The topological polar surface area (TPSA) is 58.1 Å². The molecule has 7 heteroatoms. The van der Waals surface area contributed by atoms with E-state index in [4.69, 9.17) is 23.2 Å². The maximum Gasteiger partial charge on any atom is 0.274 e. The number of carbonyl (C=O) groups is 1. The molecule has 0 radical (unpaired) electrons. The monoisotopic (exact) mass is 364 g/mol.